The zero-order valence-corrected chi connectivity index (χ0v) is 13.7. The third-order valence-corrected chi connectivity index (χ3v) is 4.64. The quantitative estimate of drug-likeness (QED) is 0.616. The van der Waals surface area contributed by atoms with Gasteiger partial charge in [0.05, 0.1) is 11.6 Å². The van der Waals surface area contributed by atoms with Gasteiger partial charge in [-0.25, -0.2) is 0 Å². The molecule has 1 atom stereocenters. The maximum atomic E-state index is 6.14. The number of nitrogens with two attached hydrogens (primary N) is 1. The van der Waals surface area contributed by atoms with Crippen molar-refractivity contribution in [2.75, 3.05) is 6.61 Å². The predicted octanol–water partition coefficient (Wildman–Crippen LogP) is 2.96. The number of ether oxygens (including phenoxy) is 1. The number of hydrogen-bond acceptors (Lipinski definition) is 4. The summed E-state index contributed by atoms with van der Waals surface area (Å²) in [5.74, 6) is 5.83. The molecular weight excluding hydrogens is 318 g/mol. The number of hydrazine groups is 1. The van der Waals surface area contributed by atoms with E-state index in [0.29, 0.717) is 0 Å². The lowest BCUT2D eigenvalue weighted by atomic mass is 9.77. The number of nitrogens with zero attached hydrogens (tertiary/aromatic N) is 1. The van der Waals surface area contributed by atoms with E-state index in [9.17, 15) is 0 Å². The van der Waals surface area contributed by atoms with Crippen LogP contribution in [0.4, 0.5) is 0 Å². The highest BCUT2D eigenvalue weighted by Gasteiger charge is 2.40. The molecule has 0 spiro atoms. The highest BCUT2D eigenvalue weighted by Crippen LogP contribution is 2.35. The molecule has 1 unspecified atom stereocenters. The van der Waals surface area contributed by atoms with Gasteiger partial charge in [-0.2, -0.15) is 0 Å². The fourth-order valence-electron chi connectivity index (χ4n) is 3.16. The van der Waals surface area contributed by atoms with Crippen molar-refractivity contribution >= 4 is 15.9 Å². The SMILES string of the molecule is CCOC1(C(Cc2ccc(Br)cn2)NN)CCCCC1. The van der Waals surface area contributed by atoms with Crippen molar-refractivity contribution in [3.8, 4) is 0 Å². The first-order chi connectivity index (χ1) is 9.70. The Morgan fingerprint density at radius 1 is 1.40 bits per heavy atom. The molecule has 4 nitrogen and oxygen atoms in total. The molecule has 1 aliphatic carbocycles. The summed E-state index contributed by atoms with van der Waals surface area (Å²) in [6.07, 6.45) is 8.50. The van der Waals surface area contributed by atoms with Gasteiger partial charge < -0.3 is 4.74 Å². The normalized spacial score (nSPS) is 19.8. The van der Waals surface area contributed by atoms with Crippen molar-refractivity contribution in [1.29, 1.82) is 0 Å². The van der Waals surface area contributed by atoms with Gasteiger partial charge in [-0.15, -0.1) is 0 Å². The van der Waals surface area contributed by atoms with Crippen molar-refractivity contribution in [3.05, 3.63) is 28.5 Å². The molecule has 112 valence electrons. The Labute approximate surface area is 129 Å². The average molecular weight is 342 g/mol. The van der Waals surface area contributed by atoms with Crippen LogP contribution in [-0.4, -0.2) is 23.2 Å². The summed E-state index contributed by atoms with van der Waals surface area (Å²) in [6, 6.07) is 4.16. The van der Waals surface area contributed by atoms with Crippen LogP contribution >= 0.6 is 15.9 Å². The molecule has 1 aromatic rings. The Morgan fingerprint density at radius 3 is 2.70 bits per heavy atom. The first-order valence-electron chi connectivity index (χ1n) is 7.40. The smallest absolute Gasteiger partial charge is 0.0851 e. The van der Waals surface area contributed by atoms with Gasteiger partial charge in [-0.3, -0.25) is 16.3 Å². The minimum absolute atomic E-state index is 0.108. The molecule has 0 saturated heterocycles. The Hall–Kier alpha value is -0.490. The maximum Gasteiger partial charge on any atom is 0.0851 e. The van der Waals surface area contributed by atoms with Crippen molar-refractivity contribution in [1.82, 2.24) is 10.4 Å². The van der Waals surface area contributed by atoms with Crippen LogP contribution < -0.4 is 11.3 Å². The first kappa shape index (κ1) is 15.9. The van der Waals surface area contributed by atoms with Crippen molar-refractivity contribution in [2.45, 2.75) is 57.1 Å². The number of rotatable bonds is 6. The van der Waals surface area contributed by atoms with Crippen molar-refractivity contribution in [3.63, 3.8) is 0 Å². The molecule has 1 aromatic heterocycles. The minimum atomic E-state index is -0.142. The van der Waals surface area contributed by atoms with Gasteiger partial charge in [-0.1, -0.05) is 19.3 Å². The topological polar surface area (TPSA) is 60.2 Å². The predicted molar refractivity (Wildman–Crippen MR) is 84.2 cm³/mol. The molecule has 1 saturated carbocycles. The summed E-state index contributed by atoms with van der Waals surface area (Å²) in [4.78, 5) is 4.45. The molecule has 0 amide bonds. The third kappa shape index (κ3) is 3.79. The molecule has 3 N–H and O–H groups in total. The van der Waals surface area contributed by atoms with Gasteiger partial charge in [0.25, 0.3) is 0 Å². The molecule has 1 heterocycles. The largest absolute Gasteiger partial charge is 0.374 e. The summed E-state index contributed by atoms with van der Waals surface area (Å²) >= 11 is 3.41. The molecule has 5 heteroatoms. The van der Waals surface area contributed by atoms with E-state index in [1.807, 2.05) is 18.3 Å². The highest BCUT2D eigenvalue weighted by atomic mass is 79.9. The highest BCUT2D eigenvalue weighted by molar-refractivity contribution is 9.10. The molecule has 0 radical (unpaired) electrons. The fraction of sp³-hybridized carbons (Fsp3) is 0.667. The first-order valence-corrected chi connectivity index (χ1v) is 8.20. The molecule has 1 fully saturated rings. The second-order valence-electron chi connectivity index (χ2n) is 5.45. The summed E-state index contributed by atoms with van der Waals surface area (Å²) in [5.41, 5.74) is 3.88. The van der Waals surface area contributed by atoms with Gasteiger partial charge in [0.2, 0.25) is 0 Å². The maximum absolute atomic E-state index is 6.14. The zero-order valence-electron chi connectivity index (χ0n) is 12.1. The van der Waals surface area contributed by atoms with Gasteiger partial charge in [0.15, 0.2) is 0 Å². The fourth-order valence-corrected chi connectivity index (χ4v) is 3.40. The van der Waals surface area contributed by atoms with Crippen LogP contribution in [0, 0.1) is 0 Å². The lowest BCUT2D eigenvalue weighted by molar-refractivity contribution is -0.0900. The second kappa shape index (κ2) is 7.50. The van der Waals surface area contributed by atoms with Gasteiger partial charge in [-0.05, 0) is 47.8 Å². The van der Waals surface area contributed by atoms with Crippen LogP contribution in [-0.2, 0) is 11.2 Å². The number of aromatic nitrogens is 1. The monoisotopic (exact) mass is 341 g/mol. The number of halogens is 1. The second-order valence-corrected chi connectivity index (χ2v) is 6.37. The summed E-state index contributed by atoms with van der Waals surface area (Å²) < 4.78 is 7.14. The molecule has 0 aliphatic heterocycles. The molecule has 20 heavy (non-hydrogen) atoms. The average Bonchev–Trinajstić information content (AvgIpc) is 2.48. The Kier molecular flexibility index (Phi) is 5.96. The Bertz CT molecular complexity index is 399. The third-order valence-electron chi connectivity index (χ3n) is 4.17. The zero-order chi connectivity index (χ0) is 14.4. The van der Waals surface area contributed by atoms with Crippen LogP contribution in [0.1, 0.15) is 44.7 Å². The van der Waals surface area contributed by atoms with Gasteiger partial charge in [0.1, 0.15) is 0 Å². The number of hydrogen-bond donors (Lipinski definition) is 2. The van der Waals surface area contributed by atoms with Crippen molar-refractivity contribution < 1.29 is 4.74 Å². The van der Waals surface area contributed by atoms with Crippen LogP contribution in [0.3, 0.4) is 0 Å². The lowest BCUT2D eigenvalue weighted by Gasteiger charge is -2.43. The van der Waals surface area contributed by atoms with Gasteiger partial charge >= 0.3 is 0 Å². The number of pyridine rings is 1. The molecule has 0 aromatic carbocycles. The van der Waals surface area contributed by atoms with Crippen molar-refractivity contribution in [2.24, 2.45) is 5.84 Å². The summed E-state index contributed by atoms with van der Waals surface area (Å²) in [6.45, 7) is 2.79. The molecule has 0 bridgehead atoms. The van der Waals surface area contributed by atoms with Gasteiger partial charge in [0, 0.05) is 29.4 Å². The van der Waals surface area contributed by atoms with E-state index in [1.165, 1.54) is 19.3 Å². The number of nitrogens with one attached hydrogen (secondary N) is 1. The van der Waals surface area contributed by atoms with Crippen LogP contribution in [0.15, 0.2) is 22.8 Å². The van der Waals surface area contributed by atoms with Crippen LogP contribution in [0.5, 0.6) is 0 Å². The molecular formula is C15H24BrN3O. The van der Waals surface area contributed by atoms with E-state index in [-0.39, 0.29) is 11.6 Å². The summed E-state index contributed by atoms with van der Waals surface area (Å²) in [7, 11) is 0. The van der Waals surface area contributed by atoms with Crippen LogP contribution in [0.2, 0.25) is 0 Å². The Morgan fingerprint density at radius 2 is 2.15 bits per heavy atom. The molecule has 2 rings (SSSR count). The molecule has 1 aliphatic rings. The minimum Gasteiger partial charge on any atom is -0.374 e. The van der Waals surface area contributed by atoms with E-state index in [2.05, 4.69) is 33.3 Å². The lowest BCUT2D eigenvalue weighted by Crippen LogP contribution is -2.57. The van der Waals surface area contributed by atoms with E-state index in [4.69, 9.17) is 10.6 Å². The summed E-state index contributed by atoms with van der Waals surface area (Å²) in [5, 5.41) is 0. The van der Waals surface area contributed by atoms with E-state index < -0.39 is 0 Å². The van der Waals surface area contributed by atoms with E-state index in [1.54, 1.807) is 0 Å². The Balaban J connectivity index is 2.13. The van der Waals surface area contributed by atoms with Crippen LogP contribution in [0.25, 0.3) is 0 Å². The van der Waals surface area contributed by atoms with E-state index >= 15 is 0 Å². The van der Waals surface area contributed by atoms with E-state index in [0.717, 1.165) is 36.0 Å². The standard InChI is InChI=1S/C15H24BrN3O/c1-2-20-15(8-4-3-5-9-15)14(19-17)10-13-7-6-12(16)11-18-13/h6-7,11,14,19H,2-5,8-10,17H2,1H3.